The summed E-state index contributed by atoms with van der Waals surface area (Å²) in [6.45, 7) is 0. The Bertz CT molecular complexity index is 1760. The largest absolute Gasteiger partial charge is 0.465 e. The molecule has 0 aliphatic rings. The Balaban J connectivity index is 1.43. The summed E-state index contributed by atoms with van der Waals surface area (Å²) in [5, 5.41) is 9.45. The Morgan fingerprint density at radius 3 is 1.65 bits per heavy atom. The fourth-order valence-electron chi connectivity index (χ4n) is 4.73. The first kappa shape index (κ1) is 20.2. The molecule has 0 spiro atoms. The summed E-state index contributed by atoms with van der Waals surface area (Å²) in [5.41, 5.74) is 2.84. The third-order valence-electron chi connectivity index (χ3n) is 6.52. The first-order chi connectivity index (χ1) is 16.7. The van der Waals surface area contributed by atoms with Crippen molar-refractivity contribution in [3.8, 4) is 0 Å². The lowest BCUT2D eigenvalue weighted by Gasteiger charge is -2.07. The summed E-state index contributed by atoms with van der Waals surface area (Å²) < 4.78 is 4.92. The van der Waals surface area contributed by atoms with Crippen molar-refractivity contribution in [3.05, 3.63) is 120 Å². The summed E-state index contributed by atoms with van der Waals surface area (Å²) >= 11 is 0. The van der Waals surface area contributed by atoms with E-state index < -0.39 is 0 Å². The SMILES string of the molecule is COC(=O)c1ccc2ccc3ccc(/C=C\c4ccc5ccc6ccccc6c5c4)cc3c2c1. The van der Waals surface area contributed by atoms with Crippen LogP contribution in [-0.2, 0) is 4.74 Å². The van der Waals surface area contributed by atoms with E-state index in [1.807, 2.05) is 18.2 Å². The van der Waals surface area contributed by atoms with Crippen molar-refractivity contribution in [2.75, 3.05) is 7.11 Å². The van der Waals surface area contributed by atoms with Gasteiger partial charge in [-0.15, -0.1) is 0 Å². The van der Waals surface area contributed by atoms with Crippen LogP contribution in [0.3, 0.4) is 0 Å². The van der Waals surface area contributed by atoms with Crippen LogP contribution in [0.2, 0.25) is 0 Å². The number of hydrogen-bond donors (Lipinski definition) is 0. The minimum atomic E-state index is -0.321. The van der Waals surface area contributed by atoms with Crippen LogP contribution in [0.5, 0.6) is 0 Å². The molecule has 6 aromatic carbocycles. The van der Waals surface area contributed by atoms with Crippen molar-refractivity contribution in [1.29, 1.82) is 0 Å². The van der Waals surface area contributed by atoms with Gasteiger partial charge in [0.1, 0.15) is 0 Å². The van der Waals surface area contributed by atoms with Gasteiger partial charge in [-0.05, 0) is 78.5 Å². The molecule has 0 aliphatic heterocycles. The molecule has 0 radical (unpaired) electrons. The highest BCUT2D eigenvalue weighted by atomic mass is 16.5. The molecule has 0 aliphatic carbocycles. The second kappa shape index (κ2) is 8.17. The first-order valence-electron chi connectivity index (χ1n) is 11.3. The molecular formula is C32H22O2. The maximum absolute atomic E-state index is 12.1. The fourth-order valence-corrected chi connectivity index (χ4v) is 4.73. The fraction of sp³-hybridized carbons (Fsp3) is 0.0312. The van der Waals surface area contributed by atoms with Gasteiger partial charge in [-0.1, -0.05) is 91.0 Å². The van der Waals surface area contributed by atoms with Gasteiger partial charge < -0.3 is 4.74 Å². The third-order valence-corrected chi connectivity index (χ3v) is 6.52. The zero-order valence-corrected chi connectivity index (χ0v) is 18.8. The predicted molar refractivity (Wildman–Crippen MR) is 143 cm³/mol. The molecule has 6 aromatic rings. The molecule has 0 N–H and O–H groups in total. The van der Waals surface area contributed by atoms with Crippen LogP contribution in [-0.4, -0.2) is 13.1 Å². The van der Waals surface area contributed by atoms with Crippen LogP contribution in [0, 0.1) is 0 Å². The molecule has 0 heterocycles. The average molecular weight is 439 g/mol. The molecule has 0 bridgehead atoms. The van der Waals surface area contributed by atoms with Crippen molar-refractivity contribution >= 4 is 61.2 Å². The predicted octanol–water partition coefficient (Wildman–Crippen LogP) is 8.26. The van der Waals surface area contributed by atoms with E-state index in [4.69, 9.17) is 4.74 Å². The zero-order chi connectivity index (χ0) is 23.1. The van der Waals surface area contributed by atoms with Gasteiger partial charge in [0.15, 0.2) is 0 Å². The first-order valence-corrected chi connectivity index (χ1v) is 11.3. The molecule has 34 heavy (non-hydrogen) atoms. The quantitative estimate of drug-likeness (QED) is 0.158. The van der Waals surface area contributed by atoms with E-state index in [9.17, 15) is 4.79 Å². The van der Waals surface area contributed by atoms with Gasteiger partial charge in [-0.2, -0.15) is 0 Å². The summed E-state index contributed by atoms with van der Waals surface area (Å²) in [5.74, 6) is -0.321. The summed E-state index contributed by atoms with van der Waals surface area (Å²) in [6, 6.07) is 35.8. The number of rotatable bonds is 3. The number of benzene rings is 6. The molecule has 2 heteroatoms. The van der Waals surface area contributed by atoms with Crippen molar-refractivity contribution in [3.63, 3.8) is 0 Å². The van der Waals surface area contributed by atoms with Gasteiger partial charge in [-0.3, -0.25) is 0 Å². The molecule has 0 saturated heterocycles. The number of fused-ring (bicyclic) bond motifs is 6. The number of hydrogen-bond acceptors (Lipinski definition) is 2. The number of carbonyl (C=O) groups is 1. The van der Waals surface area contributed by atoms with Gasteiger partial charge >= 0.3 is 5.97 Å². The van der Waals surface area contributed by atoms with Gasteiger partial charge in [0.2, 0.25) is 0 Å². The lowest BCUT2D eigenvalue weighted by atomic mass is 9.97. The van der Waals surface area contributed by atoms with Gasteiger partial charge in [0.05, 0.1) is 12.7 Å². The van der Waals surface area contributed by atoms with E-state index in [2.05, 4.69) is 97.1 Å². The topological polar surface area (TPSA) is 26.3 Å². The zero-order valence-electron chi connectivity index (χ0n) is 18.8. The number of carbonyl (C=O) groups excluding carboxylic acids is 1. The Kier molecular flexibility index (Phi) is 4.85. The highest BCUT2D eigenvalue weighted by Gasteiger charge is 2.08. The highest BCUT2D eigenvalue weighted by molar-refractivity contribution is 6.11. The van der Waals surface area contributed by atoms with E-state index >= 15 is 0 Å². The van der Waals surface area contributed by atoms with E-state index in [0.29, 0.717) is 5.56 Å². The summed E-state index contributed by atoms with van der Waals surface area (Å²) in [4.78, 5) is 12.1. The maximum atomic E-state index is 12.1. The second-order valence-corrected chi connectivity index (χ2v) is 8.57. The number of methoxy groups -OCH3 is 1. The van der Waals surface area contributed by atoms with Crippen LogP contribution in [0.4, 0.5) is 0 Å². The smallest absolute Gasteiger partial charge is 0.337 e. The van der Waals surface area contributed by atoms with E-state index in [-0.39, 0.29) is 5.97 Å². The Hall–Kier alpha value is -4.43. The Morgan fingerprint density at radius 2 is 1.03 bits per heavy atom. The standard InChI is InChI=1S/C32H22O2/c1-34-32(33)27-17-16-26-15-14-25-11-9-22(19-30(25)31(26)20-27)7-6-21-8-10-24-13-12-23-4-2-3-5-28(23)29(24)18-21/h2-20H,1H3/b7-6-. The molecule has 0 amide bonds. The van der Waals surface area contributed by atoms with Crippen molar-refractivity contribution in [2.45, 2.75) is 0 Å². The van der Waals surface area contributed by atoms with Crippen LogP contribution in [0.15, 0.2) is 103 Å². The molecule has 2 nitrogen and oxygen atoms in total. The van der Waals surface area contributed by atoms with Gasteiger partial charge in [0.25, 0.3) is 0 Å². The van der Waals surface area contributed by atoms with Crippen molar-refractivity contribution in [2.24, 2.45) is 0 Å². The third kappa shape index (κ3) is 3.50. The molecule has 0 atom stereocenters. The van der Waals surface area contributed by atoms with Crippen molar-refractivity contribution < 1.29 is 9.53 Å². The normalized spacial score (nSPS) is 11.7. The van der Waals surface area contributed by atoms with E-state index in [0.717, 1.165) is 32.7 Å². The summed E-state index contributed by atoms with van der Waals surface area (Å²) in [6.07, 6.45) is 4.31. The summed E-state index contributed by atoms with van der Waals surface area (Å²) in [7, 11) is 1.41. The van der Waals surface area contributed by atoms with Gasteiger partial charge in [0, 0.05) is 0 Å². The second-order valence-electron chi connectivity index (χ2n) is 8.57. The van der Waals surface area contributed by atoms with Crippen LogP contribution in [0.1, 0.15) is 21.5 Å². The molecule has 0 aromatic heterocycles. The lowest BCUT2D eigenvalue weighted by molar-refractivity contribution is 0.0601. The monoisotopic (exact) mass is 438 g/mol. The minimum absolute atomic E-state index is 0.321. The molecule has 162 valence electrons. The Morgan fingerprint density at radius 1 is 0.559 bits per heavy atom. The molecule has 0 fully saturated rings. The van der Waals surface area contributed by atoms with Crippen LogP contribution in [0.25, 0.3) is 55.2 Å². The van der Waals surface area contributed by atoms with Crippen molar-refractivity contribution in [1.82, 2.24) is 0 Å². The maximum Gasteiger partial charge on any atom is 0.337 e. The Labute approximate surface area is 197 Å². The van der Waals surface area contributed by atoms with Crippen LogP contribution < -0.4 is 0 Å². The minimum Gasteiger partial charge on any atom is -0.465 e. The number of ether oxygens (including phenoxy) is 1. The lowest BCUT2D eigenvalue weighted by Crippen LogP contribution is -2.00. The highest BCUT2D eigenvalue weighted by Crippen LogP contribution is 2.29. The molecule has 6 rings (SSSR count). The molecule has 0 unspecified atom stereocenters. The molecular weight excluding hydrogens is 416 g/mol. The average Bonchev–Trinajstić information content (AvgIpc) is 2.90. The van der Waals surface area contributed by atoms with Gasteiger partial charge in [-0.25, -0.2) is 4.79 Å². The molecule has 0 saturated carbocycles. The van der Waals surface area contributed by atoms with E-state index in [1.165, 1.54) is 28.7 Å². The van der Waals surface area contributed by atoms with Crippen LogP contribution >= 0.6 is 0 Å². The van der Waals surface area contributed by atoms with E-state index in [1.54, 1.807) is 0 Å². The number of esters is 1.